The third-order valence-electron chi connectivity index (χ3n) is 5.98. The van der Waals surface area contributed by atoms with Gasteiger partial charge in [0.1, 0.15) is 11.6 Å². The highest BCUT2D eigenvalue weighted by Crippen LogP contribution is 2.28. The van der Waals surface area contributed by atoms with Gasteiger partial charge in [-0.2, -0.15) is 0 Å². The number of pyridine rings is 1. The maximum atomic E-state index is 14.3. The third kappa shape index (κ3) is 7.49. The SMILES string of the molecule is CCC(c1ccc(F)cc1F)N1CCN(C(=NC)NCCCCn2ccccc2=O)CC1.I. The molecule has 33 heavy (non-hydrogen) atoms. The van der Waals surface area contributed by atoms with Crippen molar-refractivity contribution in [1.29, 1.82) is 0 Å². The fraction of sp³-hybridized carbons (Fsp3) is 0.500. The van der Waals surface area contributed by atoms with Gasteiger partial charge in [0.15, 0.2) is 5.96 Å². The van der Waals surface area contributed by atoms with Crippen LogP contribution >= 0.6 is 24.0 Å². The van der Waals surface area contributed by atoms with Crippen molar-refractivity contribution in [1.82, 2.24) is 19.7 Å². The van der Waals surface area contributed by atoms with E-state index < -0.39 is 11.6 Å². The zero-order valence-electron chi connectivity index (χ0n) is 19.3. The van der Waals surface area contributed by atoms with Gasteiger partial charge >= 0.3 is 0 Å². The lowest BCUT2D eigenvalue weighted by molar-refractivity contribution is 0.124. The third-order valence-corrected chi connectivity index (χ3v) is 5.98. The molecule has 1 aromatic heterocycles. The van der Waals surface area contributed by atoms with Gasteiger partial charge in [0.25, 0.3) is 0 Å². The number of nitrogens with one attached hydrogen (secondary N) is 1. The molecule has 1 unspecified atom stereocenters. The molecule has 1 fully saturated rings. The molecule has 182 valence electrons. The van der Waals surface area contributed by atoms with Crippen LogP contribution in [0.3, 0.4) is 0 Å². The van der Waals surface area contributed by atoms with Crippen molar-refractivity contribution in [3.05, 3.63) is 70.1 Å². The van der Waals surface area contributed by atoms with E-state index in [4.69, 9.17) is 0 Å². The van der Waals surface area contributed by atoms with E-state index in [1.165, 1.54) is 6.07 Å². The van der Waals surface area contributed by atoms with Gasteiger partial charge in [-0.25, -0.2) is 8.78 Å². The van der Waals surface area contributed by atoms with E-state index in [-0.39, 0.29) is 35.6 Å². The summed E-state index contributed by atoms with van der Waals surface area (Å²) in [6.45, 7) is 6.67. The topological polar surface area (TPSA) is 52.9 Å². The minimum atomic E-state index is -0.545. The molecule has 1 aliphatic heterocycles. The maximum absolute atomic E-state index is 14.3. The Morgan fingerprint density at radius 3 is 2.52 bits per heavy atom. The Hall–Kier alpha value is -2.01. The number of aliphatic imine (C=N–C) groups is 1. The van der Waals surface area contributed by atoms with E-state index in [1.54, 1.807) is 29.8 Å². The summed E-state index contributed by atoms with van der Waals surface area (Å²) in [5.74, 6) is -0.159. The molecule has 6 nitrogen and oxygen atoms in total. The fourth-order valence-electron chi connectivity index (χ4n) is 4.28. The van der Waals surface area contributed by atoms with Crippen LogP contribution in [0.5, 0.6) is 0 Å². The van der Waals surface area contributed by atoms with Crippen LogP contribution in [0.4, 0.5) is 8.78 Å². The van der Waals surface area contributed by atoms with E-state index >= 15 is 0 Å². The summed E-state index contributed by atoms with van der Waals surface area (Å²) < 4.78 is 29.3. The van der Waals surface area contributed by atoms with Gasteiger partial charge in [0.2, 0.25) is 5.56 Å². The highest BCUT2D eigenvalue weighted by Gasteiger charge is 2.27. The first kappa shape index (κ1) is 27.2. The number of unbranched alkanes of at least 4 members (excludes halogenated alkanes) is 1. The number of hydrogen-bond acceptors (Lipinski definition) is 3. The summed E-state index contributed by atoms with van der Waals surface area (Å²) in [4.78, 5) is 20.6. The minimum Gasteiger partial charge on any atom is -0.356 e. The zero-order valence-corrected chi connectivity index (χ0v) is 21.7. The molecule has 1 aliphatic rings. The number of nitrogens with zero attached hydrogens (tertiary/aromatic N) is 4. The average molecular weight is 573 g/mol. The van der Waals surface area contributed by atoms with Crippen LogP contribution in [0, 0.1) is 11.6 Å². The molecule has 1 N–H and O–H groups in total. The van der Waals surface area contributed by atoms with Crippen molar-refractivity contribution in [2.75, 3.05) is 39.8 Å². The Labute approximate surface area is 211 Å². The maximum Gasteiger partial charge on any atom is 0.250 e. The van der Waals surface area contributed by atoms with E-state index in [0.29, 0.717) is 12.1 Å². The van der Waals surface area contributed by atoms with Crippen molar-refractivity contribution in [2.24, 2.45) is 4.99 Å². The Morgan fingerprint density at radius 2 is 1.88 bits per heavy atom. The second kappa shape index (κ2) is 13.6. The van der Waals surface area contributed by atoms with E-state index in [1.807, 2.05) is 19.2 Å². The number of benzene rings is 1. The summed E-state index contributed by atoms with van der Waals surface area (Å²) >= 11 is 0. The van der Waals surface area contributed by atoms with Gasteiger partial charge in [0.05, 0.1) is 0 Å². The quantitative estimate of drug-likeness (QED) is 0.226. The number of hydrogen-bond donors (Lipinski definition) is 1. The number of guanidine groups is 1. The second-order valence-corrected chi connectivity index (χ2v) is 8.03. The molecule has 1 saturated heterocycles. The van der Waals surface area contributed by atoms with Gasteiger partial charge in [-0.3, -0.25) is 14.7 Å². The minimum absolute atomic E-state index is 0. The Kier molecular flexibility index (Phi) is 11.3. The summed E-state index contributed by atoms with van der Waals surface area (Å²) in [6, 6.07) is 9.00. The highest BCUT2D eigenvalue weighted by molar-refractivity contribution is 14.0. The second-order valence-electron chi connectivity index (χ2n) is 8.03. The summed E-state index contributed by atoms with van der Waals surface area (Å²) in [5.41, 5.74) is 0.586. The van der Waals surface area contributed by atoms with Gasteiger partial charge in [-0.05, 0) is 31.4 Å². The molecule has 0 aliphatic carbocycles. The monoisotopic (exact) mass is 573 g/mol. The van der Waals surface area contributed by atoms with Crippen molar-refractivity contribution >= 4 is 29.9 Å². The lowest BCUT2D eigenvalue weighted by Crippen LogP contribution is -2.53. The predicted octanol–water partition coefficient (Wildman–Crippen LogP) is 3.87. The Morgan fingerprint density at radius 1 is 1.12 bits per heavy atom. The number of aromatic nitrogens is 1. The average Bonchev–Trinajstić information content (AvgIpc) is 2.80. The smallest absolute Gasteiger partial charge is 0.250 e. The van der Waals surface area contributed by atoms with Crippen LogP contribution in [0.25, 0.3) is 0 Å². The molecule has 3 rings (SSSR count). The molecule has 1 atom stereocenters. The number of halogens is 3. The summed E-state index contributed by atoms with van der Waals surface area (Å²) in [7, 11) is 1.78. The normalized spacial score (nSPS) is 15.8. The Bertz CT molecular complexity index is 960. The van der Waals surface area contributed by atoms with Crippen LogP contribution in [-0.2, 0) is 6.54 Å². The molecule has 0 amide bonds. The first-order valence-electron chi connectivity index (χ1n) is 11.3. The van der Waals surface area contributed by atoms with Crippen LogP contribution in [0.15, 0.2) is 52.4 Å². The lowest BCUT2D eigenvalue weighted by atomic mass is 10.0. The number of rotatable bonds is 8. The number of aryl methyl sites for hydroxylation is 1. The van der Waals surface area contributed by atoms with Crippen molar-refractivity contribution in [2.45, 2.75) is 38.8 Å². The van der Waals surface area contributed by atoms with E-state index in [9.17, 15) is 13.6 Å². The molecule has 9 heteroatoms. The summed E-state index contributed by atoms with van der Waals surface area (Å²) in [5, 5.41) is 3.41. The van der Waals surface area contributed by atoms with E-state index in [2.05, 4.69) is 20.1 Å². The van der Waals surface area contributed by atoms with Gasteiger partial charge < -0.3 is 14.8 Å². The molecule has 0 saturated carbocycles. The predicted molar refractivity (Wildman–Crippen MR) is 139 cm³/mol. The van der Waals surface area contributed by atoms with Gasteiger partial charge in [-0.1, -0.05) is 19.1 Å². The number of piperazine rings is 1. The molecular weight excluding hydrogens is 539 g/mol. The molecule has 2 heterocycles. The first-order chi connectivity index (χ1) is 15.5. The van der Waals surface area contributed by atoms with Crippen LogP contribution in [0.1, 0.15) is 37.8 Å². The molecule has 0 spiro atoms. The van der Waals surface area contributed by atoms with Crippen molar-refractivity contribution in [3.63, 3.8) is 0 Å². The van der Waals surface area contributed by atoms with Crippen molar-refractivity contribution < 1.29 is 8.78 Å². The fourth-order valence-corrected chi connectivity index (χ4v) is 4.28. The van der Waals surface area contributed by atoms with Crippen LogP contribution in [0.2, 0.25) is 0 Å². The first-order valence-corrected chi connectivity index (χ1v) is 11.3. The molecule has 0 bridgehead atoms. The molecule has 2 aromatic rings. The van der Waals surface area contributed by atoms with Crippen LogP contribution in [-0.4, -0.2) is 60.1 Å². The van der Waals surface area contributed by atoms with Crippen molar-refractivity contribution in [3.8, 4) is 0 Å². The molecular formula is C24H34F2IN5O. The molecule has 1 aromatic carbocycles. The molecule has 0 radical (unpaired) electrons. The highest BCUT2D eigenvalue weighted by atomic mass is 127. The van der Waals surface area contributed by atoms with Gasteiger partial charge in [-0.15, -0.1) is 24.0 Å². The Balaban J connectivity index is 0.00000385. The largest absolute Gasteiger partial charge is 0.356 e. The standard InChI is InChI=1S/C24H33F2N5O.HI/c1-3-22(20-10-9-19(25)18-21(20)26)29-14-16-31(17-15-29)24(27-2)28-11-5-7-13-30-12-6-4-8-23(30)32;/h4,6,8-10,12,18,22H,3,5,7,11,13-17H2,1-2H3,(H,27,28);1H. The zero-order chi connectivity index (χ0) is 22.9. The van der Waals surface area contributed by atoms with Crippen LogP contribution < -0.4 is 10.9 Å². The van der Waals surface area contributed by atoms with E-state index in [0.717, 1.165) is 64.0 Å². The van der Waals surface area contributed by atoms with Gasteiger partial charge in [0, 0.05) is 76.3 Å². The lowest BCUT2D eigenvalue weighted by Gasteiger charge is -2.40. The summed E-state index contributed by atoms with van der Waals surface area (Å²) in [6.07, 6.45) is 4.42.